The van der Waals surface area contributed by atoms with E-state index in [1.54, 1.807) is 6.07 Å². The van der Waals surface area contributed by atoms with Crippen molar-refractivity contribution >= 4 is 26.8 Å². The van der Waals surface area contributed by atoms with E-state index < -0.39 is 0 Å². The second-order valence-corrected chi connectivity index (χ2v) is 5.56. The Kier molecular flexibility index (Phi) is 3.59. The molecule has 0 saturated heterocycles. The molecule has 4 heteroatoms. The van der Waals surface area contributed by atoms with Gasteiger partial charge in [0.15, 0.2) is 0 Å². The SMILES string of the molecule is Cc1cc(Br)ccc1Oc1cc(C#N)c2ccccc2n1. The second kappa shape index (κ2) is 5.55. The molecule has 2 aromatic carbocycles. The van der Waals surface area contributed by atoms with Crippen LogP contribution in [0.5, 0.6) is 11.6 Å². The van der Waals surface area contributed by atoms with Crippen LogP contribution in [0.1, 0.15) is 11.1 Å². The Labute approximate surface area is 130 Å². The molecule has 0 radical (unpaired) electrons. The monoisotopic (exact) mass is 338 g/mol. The molecule has 0 atom stereocenters. The maximum Gasteiger partial charge on any atom is 0.221 e. The van der Waals surface area contributed by atoms with Crippen molar-refractivity contribution in [2.45, 2.75) is 6.92 Å². The predicted molar refractivity (Wildman–Crippen MR) is 85.4 cm³/mol. The summed E-state index contributed by atoms with van der Waals surface area (Å²) in [6.07, 6.45) is 0. The number of benzene rings is 2. The van der Waals surface area contributed by atoms with E-state index in [1.165, 1.54) is 0 Å². The van der Waals surface area contributed by atoms with E-state index in [0.717, 1.165) is 26.7 Å². The minimum absolute atomic E-state index is 0.427. The molecule has 102 valence electrons. The number of para-hydroxylation sites is 1. The molecule has 3 rings (SSSR count). The number of ether oxygens (including phenoxy) is 1. The smallest absolute Gasteiger partial charge is 0.221 e. The average molecular weight is 339 g/mol. The van der Waals surface area contributed by atoms with E-state index >= 15 is 0 Å². The largest absolute Gasteiger partial charge is 0.439 e. The van der Waals surface area contributed by atoms with Crippen molar-refractivity contribution in [3.63, 3.8) is 0 Å². The third-order valence-electron chi connectivity index (χ3n) is 3.16. The number of rotatable bonds is 2. The van der Waals surface area contributed by atoms with E-state index in [4.69, 9.17) is 4.74 Å². The predicted octanol–water partition coefficient (Wildman–Crippen LogP) is 4.97. The summed E-state index contributed by atoms with van der Waals surface area (Å²) in [5.41, 5.74) is 2.31. The highest BCUT2D eigenvalue weighted by molar-refractivity contribution is 9.10. The lowest BCUT2D eigenvalue weighted by atomic mass is 10.1. The van der Waals surface area contributed by atoms with Gasteiger partial charge in [-0.3, -0.25) is 0 Å². The first kappa shape index (κ1) is 13.6. The minimum atomic E-state index is 0.427. The molecular weight excluding hydrogens is 328 g/mol. The van der Waals surface area contributed by atoms with Gasteiger partial charge in [-0.2, -0.15) is 5.26 Å². The number of pyridine rings is 1. The number of aryl methyl sites for hydroxylation is 1. The Morgan fingerprint density at radius 3 is 2.71 bits per heavy atom. The highest BCUT2D eigenvalue weighted by atomic mass is 79.9. The quantitative estimate of drug-likeness (QED) is 0.662. The first-order valence-corrected chi connectivity index (χ1v) is 7.20. The highest BCUT2D eigenvalue weighted by Crippen LogP contribution is 2.29. The number of aromatic nitrogens is 1. The van der Waals surface area contributed by atoms with Crippen molar-refractivity contribution < 1.29 is 4.74 Å². The molecule has 0 fully saturated rings. The molecule has 3 aromatic rings. The van der Waals surface area contributed by atoms with Crippen LogP contribution in [0.3, 0.4) is 0 Å². The van der Waals surface area contributed by atoms with Crippen LogP contribution in [0, 0.1) is 18.3 Å². The van der Waals surface area contributed by atoms with Gasteiger partial charge in [-0.05, 0) is 36.8 Å². The van der Waals surface area contributed by atoms with Crippen molar-refractivity contribution in [1.29, 1.82) is 5.26 Å². The highest BCUT2D eigenvalue weighted by Gasteiger charge is 2.08. The number of fused-ring (bicyclic) bond motifs is 1. The van der Waals surface area contributed by atoms with Gasteiger partial charge in [0, 0.05) is 15.9 Å². The molecule has 0 saturated carbocycles. The molecule has 0 bridgehead atoms. The molecule has 3 nitrogen and oxygen atoms in total. The van der Waals surface area contributed by atoms with Crippen LogP contribution in [0.25, 0.3) is 10.9 Å². The summed E-state index contributed by atoms with van der Waals surface area (Å²) in [7, 11) is 0. The molecule has 0 aliphatic heterocycles. The fourth-order valence-corrected chi connectivity index (χ4v) is 2.61. The molecule has 0 aliphatic rings. The fourth-order valence-electron chi connectivity index (χ4n) is 2.14. The second-order valence-electron chi connectivity index (χ2n) is 4.65. The van der Waals surface area contributed by atoms with Gasteiger partial charge in [0.25, 0.3) is 0 Å². The van der Waals surface area contributed by atoms with Crippen molar-refractivity contribution in [3.05, 3.63) is 64.1 Å². The number of hydrogen-bond acceptors (Lipinski definition) is 3. The van der Waals surface area contributed by atoms with Gasteiger partial charge in [0.2, 0.25) is 5.88 Å². The summed E-state index contributed by atoms with van der Waals surface area (Å²) in [4.78, 5) is 4.46. The molecule has 0 N–H and O–H groups in total. The van der Waals surface area contributed by atoms with Gasteiger partial charge in [-0.15, -0.1) is 0 Å². The van der Waals surface area contributed by atoms with Crippen molar-refractivity contribution in [1.82, 2.24) is 4.98 Å². The van der Waals surface area contributed by atoms with Crippen LogP contribution in [0.4, 0.5) is 0 Å². The number of nitrogens with zero attached hydrogens (tertiary/aromatic N) is 2. The normalized spacial score (nSPS) is 10.3. The zero-order chi connectivity index (χ0) is 14.8. The molecule has 0 amide bonds. The summed E-state index contributed by atoms with van der Waals surface area (Å²) in [6, 6.07) is 17.2. The van der Waals surface area contributed by atoms with Gasteiger partial charge >= 0.3 is 0 Å². The maximum atomic E-state index is 9.28. The van der Waals surface area contributed by atoms with Crippen LogP contribution in [-0.4, -0.2) is 4.98 Å². The summed E-state index contributed by atoms with van der Waals surface area (Å²) in [5.74, 6) is 1.15. The molecule has 0 spiro atoms. The Hall–Kier alpha value is -2.38. The van der Waals surface area contributed by atoms with Gasteiger partial charge in [0.05, 0.1) is 11.1 Å². The van der Waals surface area contributed by atoms with Gasteiger partial charge in [-0.25, -0.2) is 4.98 Å². The standard InChI is InChI=1S/C17H11BrN2O/c1-11-8-13(18)6-7-16(11)21-17-9-12(10-19)14-4-2-3-5-15(14)20-17/h2-9H,1H3. The average Bonchev–Trinajstić information content (AvgIpc) is 2.49. The third kappa shape index (κ3) is 2.74. The first-order chi connectivity index (χ1) is 10.2. The number of hydrogen-bond donors (Lipinski definition) is 0. The lowest BCUT2D eigenvalue weighted by molar-refractivity contribution is 0.461. The number of halogens is 1. The molecular formula is C17H11BrN2O. The van der Waals surface area contributed by atoms with Crippen LogP contribution in [0.15, 0.2) is 53.0 Å². The van der Waals surface area contributed by atoms with E-state index in [9.17, 15) is 5.26 Å². The fraction of sp³-hybridized carbons (Fsp3) is 0.0588. The van der Waals surface area contributed by atoms with Gasteiger partial charge < -0.3 is 4.74 Å². The lowest BCUT2D eigenvalue weighted by Gasteiger charge is -2.09. The molecule has 21 heavy (non-hydrogen) atoms. The van der Waals surface area contributed by atoms with E-state index in [0.29, 0.717) is 11.4 Å². The maximum absolute atomic E-state index is 9.28. The molecule has 0 unspecified atom stereocenters. The van der Waals surface area contributed by atoms with Gasteiger partial charge in [0.1, 0.15) is 11.8 Å². The Bertz CT molecular complexity index is 868. The Balaban J connectivity index is 2.07. The summed E-state index contributed by atoms with van der Waals surface area (Å²) < 4.78 is 6.83. The summed E-state index contributed by atoms with van der Waals surface area (Å²) >= 11 is 3.42. The summed E-state index contributed by atoms with van der Waals surface area (Å²) in [6.45, 7) is 1.96. The first-order valence-electron chi connectivity index (χ1n) is 6.41. The minimum Gasteiger partial charge on any atom is -0.439 e. The summed E-state index contributed by atoms with van der Waals surface area (Å²) in [5, 5.41) is 10.1. The van der Waals surface area contributed by atoms with Crippen LogP contribution in [-0.2, 0) is 0 Å². The third-order valence-corrected chi connectivity index (χ3v) is 3.66. The Morgan fingerprint density at radius 2 is 1.95 bits per heavy atom. The Morgan fingerprint density at radius 1 is 1.14 bits per heavy atom. The molecule has 1 aromatic heterocycles. The van der Waals surface area contributed by atoms with Crippen LogP contribution < -0.4 is 4.74 Å². The van der Waals surface area contributed by atoms with E-state index in [1.807, 2.05) is 49.4 Å². The van der Waals surface area contributed by atoms with Crippen molar-refractivity contribution in [2.24, 2.45) is 0 Å². The zero-order valence-electron chi connectivity index (χ0n) is 11.3. The van der Waals surface area contributed by atoms with Crippen molar-refractivity contribution in [3.8, 4) is 17.7 Å². The van der Waals surface area contributed by atoms with Crippen LogP contribution >= 0.6 is 15.9 Å². The molecule has 1 heterocycles. The molecule has 0 aliphatic carbocycles. The zero-order valence-corrected chi connectivity index (χ0v) is 12.9. The van der Waals surface area contributed by atoms with E-state index in [-0.39, 0.29) is 0 Å². The van der Waals surface area contributed by atoms with Gasteiger partial charge in [-0.1, -0.05) is 34.1 Å². The number of nitriles is 1. The van der Waals surface area contributed by atoms with Crippen molar-refractivity contribution in [2.75, 3.05) is 0 Å². The topological polar surface area (TPSA) is 45.9 Å². The van der Waals surface area contributed by atoms with Crippen LogP contribution in [0.2, 0.25) is 0 Å². The van der Waals surface area contributed by atoms with E-state index in [2.05, 4.69) is 27.0 Å². The lowest BCUT2D eigenvalue weighted by Crippen LogP contribution is -1.93.